The summed E-state index contributed by atoms with van der Waals surface area (Å²) in [5.41, 5.74) is 0.973. The lowest BCUT2D eigenvalue weighted by Gasteiger charge is -2.19. The van der Waals surface area contributed by atoms with E-state index >= 15 is 0 Å². The van der Waals surface area contributed by atoms with Crippen LogP contribution < -0.4 is 10.1 Å². The van der Waals surface area contributed by atoms with Gasteiger partial charge in [-0.2, -0.15) is 0 Å². The topological polar surface area (TPSA) is 75.7 Å². The summed E-state index contributed by atoms with van der Waals surface area (Å²) in [5, 5.41) is 2.79. The second-order valence-electron chi connectivity index (χ2n) is 5.80. The third kappa shape index (κ3) is 5.47. The van der Waals surface area contributed by atoms with Gasteiger partial charge in [-0.05, 0) is 31.7 Å². The number of hydrogen-bond acceptors (Lipinski definition) is 5. The maximum atomic E-state index is 12.0. The molecule has 1 N–H and O–H groups in total. The van der Waals surface area contributed by atoms with E-state index < -0.39 is 9.84 Å². The molecule has 6 nitrogen and oxygen atoms in total. The van der Waals surface area contributed by atoms with Crippen molar-refractivity contribution in [3.05, 3.63) is 28.2 Å². The molecule has 1 atom stereocenters. The minimum Gasteiger partial charge on any atom is -0.496 e. The molecule has 1 fully saturated rings. The van der Waals surface area contributed by atoms with Crippen molar-refractivity contribution in [2.75, 3.05) is 32.2 Å². The maximum Gasteiger partial charge on any atom is 0.234 e. The quantitative estimate of drug-likeness (QED) is 0.770. The fourth-order valence-electron chi connectivity index (χ4n) is 2.64. The molecule has 1 aliphatic heterocycles. The summed E-state index contributed by atoms with van der Waals surface area (Å²) in [6.07, 6.45) is 0.497. The second kappa shape index (κ2) is 7.63. The fourth-order valence-corrected chi connectivity index (χ4v) is 4.73. The third-order valence-corrected chi connectivity index (χ3v) is 5.95. The lowest BCUT2D eigenvalue weighted by atomic mass is 10.2. The molecule has 0 bridgehead atoms. The number of nitrogens with one attached hydrogen (secondary N) is 1. The molecule has 0 saturated carbocycles. The molecule has 128 valence electrons. The maximum absolute atomic E-state index is 12.0. The number of rotatable bonds is 6. The number of sulfone groups is 1. The van der Waals surface area contributed by atoms with Crippen molar-refractivity contribution >= 4 is 31.7 Å². The van der Waals surface area contributed by atoms with Crippen molar-refractivity contribution in [1.29, 1.82) is 0 Å². The number of hydrogen-bond donors (Lipinski definition) is 1. The first kappa shape index (κ1) is 18.2. The summed E-state index contributed by atoms with van der Waals surface area (Å²) < 4.78 is 29.1. The Morgan fingerprint density at radius 3 is 2.83 bits per heavy atom. The van der Waals surface area contributed by atoms with E-state index in [1.54, 1.807) is 7.11 Å². The molecule has 1 aromatic rings. The first-order valence-corrected chi connectivity index (χ1v) is 9.91. The van der Waals surface area contributed by atoms with Crippen LogP contribution in [0.4, 0.5) is 0 Å². The Labute approximate surface area is 145 Å². The standard InChI is InChI=1S/C15H21BrN2O4S/c1-18(8-11-7-12(16)3-4-14(11)22-2)9-15(19)17-13-5-6-23(20,21)10-13/h3-4,7,13H,5-6,8-10H2,1-2H3,(H,17,19)/t13-/m1/s1. The van der Waals surface area contributed by atoms with E-state index in [2.05, 4.69) is 21.2 Å². The first-order valence-electron chi connectivity index (χ1n) is 7.30. The van der Waals surface area contributed by atoms with E-state index in [9.17, 15) is 13.2 Å². The van der Waals surface area contributed by atoms with Gasteiger partial charge in [0, 0.05) is 22.6 Å². The van der Waals surface area contributed by atoms with Gasteiger partial charge in [-0.1, -0.05) is 15.9 Å². The van der Waals surface area contributed by atoms with Crippen molar-refractivity contribution in [2.24, 2.45) is 0 Å². The van der Waals surface area contributed by atoms with Gasteiger partial charge in [-0.25, -0.2) is 8.42 Å². The van der Waals surface area contributed by atoms with Crippen LogP contribution >= 0.6 is 15.9 Å². The molecular weight excluding hydrogens is 384 g/mol. The van der Waals surface area contributed by atoms with Crippen LogP contribution in [0.5, 0.6) is 5.75 Å². The average Bonchev–Trinajstić information content (AvgIpc) is 2.77. The molecule has 0 aliphatic carbocycles. The second-order valence-corrected chi connectivity index (χ2v) is 8.94. The zero-order valence-corrected chi connectivity index (χ0v) is 15.6. The van der Waals surface area contributed by atoms with Gasteiger partial charge in [0.2, 0.25) is 5.91 Å². The number of ether oxygens (including phenoxy) is 1. The zero-order chi connectivity index (χ0) is 17.0. The highest BCUT2D eigenvalue weighted by atomic mass is 79.9. The molecule has 1 aliphatic rings. The summed E-state index contributed by atoms with van der Waals surface area (Å²) in [6.45, 7) is 0.755. The van der Waals surface area contributed by atoms with Crippen LogP contribution in [0.3, 0.4) is 0 Å². The van der Waals surface area contributed by atoms with Crippen LogP contribution in [0.25, 0.3) is 0 Å². The van der Waals surface area contributed by atoms with Gasteiger partial charge in [-0.15, -0.1) is 0 Å². The van der Waals surface area contributed by atoms with Crippen LogP contribution in [0.15, 0.2) is 22.7 Å². The van der Waals surface area contributed by atoms with Gasteiger partial charge in [0.25, 0.3) is 0 Å². The normalized spacial score (nSPS) is 19.7. The Kier molecular flexibility index (Phi) is 6.05. The molecule has 1 heterocycles. The van der Waals surface area contributed by atoms with E-state index in [1.165, 1.54) is 0 Å². The number of halogens is 1. The van der Waals surface area contributed by atoms with Gasteiger partial charge in [-0.3, -0.25) is 9.69 Å². The van der Waals surface area contributed by atoms with E-state index in [0.29, 0.717) is 13.0 Å². The molecule has 1 saturated heterocycles. The van der Waals surface area contributed by atoms with Gasteiger partial charge in [0.15, 0.2) is 9.84 Å². The van der Waals surface area contributed by atoms with Crippen LogP contribution in [0, 0.1) is 0 Å². The summed E-state index contributed by atoms with van der Waals surface area (Å²) >= 11 is 3.43. The van der Waals surface area contributed by atoms with Crippen molar-refractivity contribution in [1.82, 2.24) is 10.2 Å². The number of likely N-dealkylation sites (N-methyl/N-ethyl adjacent to an activating group) is 1. The van der Waals surface area contributed by atoms with Crippen molar-refractivity contribution in [3.8, 4) is 5.75 Å². The highest BCUT2D eigenvalue weighted by molar-refractivity contribution is 9.10. The lowest BCUT2D eigenvalue weighted by Crippen LogP contribution is -2.41. The van der Waals surface area contributed by atoms with Crippen LogP contribution in [-0.4, -0.2) is 57.5 Å². The zero-order valence-electron chi connectivity index (χ0n) is 13.2. The number of carbonyl (C=O) groups is 1. The van der Waals surface area contributed by atoms with E-state index in [0.717, 1.165) is 15.8 Å². The Morgan fingerprint density at radius 2 is 2.22 bits per heavy atom. The fraction of sp³-hybridized carbons (Fsp3) is 0.533. The molecule has 8 heteroatoms. The Hall–Kier alpha value is -1.12. The smallest absolute Gasteiger partial charge is 0.234 e. The minimum absolute atomic E-state index is 0.0436. The number of nitrogens with zero attached hydrogens (tertiary/aromatic N) is 1. The summed E-state index contributed by atoms with van der Waals surface area (Å²) in [5.74, 6) is 0.802. The summed E-state index contributed by atoms with van der Waals surface area (Å²) in [6, 6.07) is 5.46. The first-order chi connectivity index (χ1) is 10.8. The van der Waals surface area contributed by atoms with Crippen LogP contribution in [0.2, 0.25) is 0 Å². The molecule has 0 aromatic heterocycles. The number of carbonyl (C=O) groups excluding carboxylic acids is 1. The predicted octanol–water partition coefficient (Wildman–Crippen LogP) is 1.19. The van der Waals surface area contributed by atoms with Crippen LogP contribution in [0.1, 0.15) is 12.0 Å². The third-order valence-electron chi connectivity index (χ3n) is 3.69. The SMILES string of the molecule is COc1ccc(Br)cc1CN(C)CC(=O)N[C@@H]1CCS(=O)(=O)C1. The summed E-state index contributed by atoms with van der Waals surface area (Å²) in [4.78, 5) is 13.9. The minimum atomic E-state index is -2.98. The predicted molar refractivity (Wildman–Crippen MR) is 92.2 cm³/mol. The molecule has 2 rings (SSSR count). The molecule has 23 heavy (non-hydrogen) atoms. The highest BCUT2D eigenvalue weighted by Crippen LogP contribution is 2.24. The molecular formula is C15H21BrN2O4S. The molecule has 0 spiro atoms. The van der Waals surface area contributed by atoms with E-state index in [4.69, 9.17) is 4.74 Å². The van der Waals surface area contributed by atoms with Gasteiger partial charge >= 0.3 is 0 Å². The van der Waals surface area contributed by atoms with Crippen molar-refractivity contribution < 1.29 is 17.9 Å². The molecule has 0 radical (unpaired) electrons. The van der Waals surface area contributed by atoms with Crippen molar-refractivity contribution in [3.63, 3.8) is 0 Å². The van der Waals surface area contributed by atoms with Crippen LogP contribution in [-0.2, 0) is 21.2 Å². The van der Waals surface area contributed by atoms with E-state index in [-0.39, 0.29) is 30.0 Å². The molecule has 1 amide bonds. The lowest BCUT2D eigenvalue weighted by molar-refractivity contribution is -0.122. The average molecular weight is 405 g/mol. The number of benzene rings is 1. The van der Waals surface area contributed by atoms with E-state index in [1.807, 2.05) is 30.1 Å². The summed E-state index contributed by atoms with van der Waals surface area (Å²) in [7, 11) is 0.468. The van der Waals surface area contributed by atoms with Gasteiger partial charge in [0.1, 0.15) is 5.75 Å². The monoisotopic (exact) mass is 404 g/mol. The number of amides is 1. The Balaban J connectivity index is 1.88. The van der Waals surface area contributed by atoms with Gasteiger partial charge < -0.3 is 10.1 Å². The largest absolute Gasteiger partial charge is 0.496 e. The highest BCUT2D eigenvalue weighted by Gasteiger charge is 2.29. The van der Waals surface area contributed by atoms with Gasteiger partial charge in [0.05, 0.1) is 25.2 Å². The number of methoxy groups -OCH3 is 1. The Morgan fingerprint density at radius 1 is 1.48 bits per heavy atom. The molecule has 1 aromatic carbocycles. The Bertz CT molecular complexity index is 678. The van der Waals surface area contributed by atoms with Crippen molar-refractivity contribution in [2.45, 2.75) is 19.0 Å². The molecule has 0 unspecified atom stereocenters.